The van der Waals surface area contributed by atoms with E-state index in [2.05, 4.69) is 4.98 Å². The smallest absolute Gasteiger partial charge is 0.251 e. The van der Waals surface area contributed by atoms with Crippen LogP contribution in [0.5, 0.6) is 0 Å². The first kappa shape index (κ1) is 13.1. The van der Waals surface area contributed by atoms with Crippen LogP contribution in [0, 0.1) is 0 Å². The van der Waals surface area contributed by atoms with E-state index in [1.54, 1.807) is 0 Å². The Labute approximate surface area is 91.0 Å². The largest absolute Gasteiger partial charge is 0.433 e. The lowest BCUT2D eigenvalue weighted by Crippen LogP contribution is -2.14. The van der Waals surface area contributed by atoms with E-state index in [9.17, 15) is 26.3 Å². The van der Waals surface area contributed by atoms with Gasteiger partial charge in [-0.2, -0.15) is 26.3 Å². The van der Waals surface area contributed by atoms with Gasteiger partial charge in [-0.1, -0.05) is 0 Å². The van der Waals surface area contributed by atoms with Crippen molar-refractivity contribution in [1.82, 2.24) is 4.98 Å². The summed E-state index contributed by atoms with van der Waals surface area (Å²) in [6, 6.07) is -0.0439. The molecule has 0 bridgehead atoms. The minimum Gasteiger partial charge on any atom is -0.251 e. The SMILES string of the molecule is FC(F)(F)c1cc(C(F)(F)F)c(CCl)cn1. The molecule has 0 amide bonds. The summed E-state index contributed by atoms with van der Waals surface area (Å²) >= 11 is 5.18. The first-order valence-corrected chi connectivity index (χ1v) is 4.39. The molecular weight excluding hydrogens is 260 g/mol. The summed E-state index contributed by atoms with van der Waals surface area (Å²) in [4.78, 5) is 2.89. The maximum Gasteiger partial charge on any atom is 0.433 e. The van der Waals surface area contributed by atoms with Crippen LogP contribution in [0.4, 0.5) is 26.3 Å². The second kappa shape index (κ2) is 4.12. The quantitative estimate of drug-likeness (QED) is 0.554. The monoisotopic (exact) mass is 263 g/mol. The van der Waals surface area contributed by atoms with Crippen LogP contribution in [0.1, 0.15) is 16.8 Å². The lowest BCUT2D eigenvalue weighted by molar-refractivity contribution is -0.145. The minimum atomic E-state index is -4.91. The summed E-state index contributed by atoms with van der Waals surface area (Å²) in [5.41, 5.74) is -3.49. The molecule has 1 aromatic heterocycles. The molecule has 8 heteroatoms. The van der Waals surface area contributed by atoms with Crippen LogP contribution < -0.4 is 0 Å². The third kappa shape index (κ3) is 2.78. The lowest BCUT2D eigenvalue weighted by Gasteiger charge is -2.13. The highest BCUT2D eigenvalue weighted by atomic mass is 35.5. The Morgan fingerprint density at radius 3 is 2.00 bits per heavy atom. The molecule has 0 saturated heterocycles. The van der Waals surface area contributed by atoms with Gasteiger partial charge in [0, 0.05) is 12.1 Å². The van der Waals surface area contributed by atoms with Gasteiger partial charge in [0.1, 0.15) is 5.69 Å². The van der Waals surface area contributed by atoms with E-state index in [0.29, 0.717) is 6.20 Å². The molecule has 0 fully saturated rings. The van der Waals surface area contributed by atoms with Crippen molar-refractivity contribution < 1.29 is 26.3 Å². The van der Waals surface area contributed by atoms with Gasteiger partial charge in [-0.25, -0.2) is 0 Å². The highest BCUT2D eigenvalue weighted by Gasteiger charge is 2.38. The van der Waals surface area contributed by atoms with Crippen molar-refractivity contribution in [3.63, 3.8) is 0 Å². The Bertz CT molecular complexity index is 383. The zero-order chi connectivity index (χ0) is 12.6. The van der Waals surface area contributed by atoms with Gasteiger partial charge in [0.15, 0.2) is 0 Å². The molecule has 1 nitrogen and oxygen atoms in total. The fourth-order valence-corrected chi connectivity index (χ4v) is 1.22. The molecule has 0 aromatic carbocycles. The van der Waals surface area contributed by atoms with Gasteiger partial charge < -0.3 is 0 Å². The van der Waals surface area contributed by atoms with E-state index in [-0.39, 0.29) is 6.07 Å². The topological polar surface area (TPSA) is 12.9 Å². The van der Waals surface area contributed by atoms with Crippen LogP contribution in [-0.2, 0) is 18.2 Å². The van der Waals surface area contributed by atoms with Gasteiger partial charge in [-0.15, -0.1) is 11.6 Å². The van der Waals surface area contributed by atoms with E-state index in [1.807, 2.05) is 0 Å². The average molecular weight is 264 g/mol. The molecule has 0 aliphatic carbocycles. The number of alkyl halides is 7. The molecule has 90 valence electrons. The van der Waals surface area contributed by atoms with Crippen molar-refractivity contribution in [3.8, 4) is 0 Å². The molecule has 0 unspecified atom stereocenters. The Hall–Kier alpha value is -0.980. The van der Waals surface area contributed by atoms with E-state index >= 15 is 0 Å². The summed E-state index contributed by atoms with van der Waals surface area (Å²) in [5.74, 6) is -0.556. The van der Waals surface area contributed by atoms with Crippen LogP contribution in [-0.4, -0.2) is 4.98 Å². The van der Waals surface area contributed by atoms with Crippen molar-refractivity contribution >= 4 is 11.6 Å². The maximum atomic E-state index is 12.3. The summed E-state index contributed by atoms with van der Waals surface area (Å²) in [6.07, 6.45) is -9.31. The van der Waals surface area contributed by atoms with E-state index in [4.69, 9.17) is 11.6 Å². The lowest BCUT2D eigenvalue weighted by atomic mass is 10.1. The molecule has 0 aliphatic rings. The first-order chi connectivity index (χ1) is 7.16. The average Bonchev–Trinajstić information content (AvgIpc) is 2.14. The molecular formula is C8H4ClF6N. The predicted octanol–water partition coefficient (Wildman–Crippen LogP) is 3.86. The van der Waals surface area contributed by atoms with Crippen LogP contribution in [0.3, 0.4) is 0 Å². The number of halogens is 7. The van der Waals surface area contributed by atoms with Crippen molar-refractivity contribution in [2.75, 3.05) is 0 Å². The maximum absolute atomic E-state index is 12.3. The van der Waals surface area contributed by atoms with Gasteiger partial charge >= 0.3 is 12.4 Å². The van der Waals surface area contributed by atoms with Crippen LogP contribution in [0.25, 0.3) is 0 Å². The summed E-state index contributed by atoms with van der Waals surface area (Å²) in [5, 5.41) is 0. The summed E-state index contributed by atoms with van der Waals surface area (Å²) in [6.45, 7) is 0. The summed E-state index contributed by atoms with van der Waals surface area (Å²) in [7, 11) is 0. The second-order valence-electron chi connectivity index (χ2n) is 2.86. The molecule has 0 aliphatic heterocycles. The highest BCUT2D eigenvalue weighted by Crippen LogP contribution is 2.36. The molecule has 0 atom stereocenters. The van der Waals surface area contributed by atoms with Gasteiger partial charge in [0.05, 0.1) is 5.56 Å². The van der Waals surface area contributed by atoms with E-state index < -0.39 is 35.1 Å². The fourth-order valence-electron chi connectivity index (χ4n) is 1.01. The van der Waals surface area contributed by atoms with Gasteiger partial charge in [0.25, 0.3) is 0 Å². The van der Waals surface area contributed by atoms with Gasteiger partial charge in [0.2, 0.25) is 0 Å². The Balaban J connectivity index is 3.34. The Kier molecular flexibility index (Phi) is 3.37. The van der Waals surface area contributed by atoms with Crippen molar-refractivity contribution in [2.24, 2.45) is 0 Å². The highest BCUT2D eigenvalue weighted by molar-refractivity contribution is 6.17. The molecule has 1 heterocycles. The van der Waals surface area contributed by atoms with Crippen LogP contribution in [0.2, 0.25) is 0 Å². The van der Waals surface area contributed by atoms with Crippen molar-refractivity contribution in [1.29, 1.82) is 0 Å². The number of pyridine rings is 1. The predicted molar refractivity (Wildman–Crippen MR) is 43.8 cm³/mol. The molecule has 1 rings (SSSR count). The number of hydrogen-bond donors (Lipinski definition) is 0. The van der Waals surface area contributed by atoms with E-state index in [1.165, 1.54) is 0 Å². The third-order valence-corrected chi connectivity index (χ3v) is 2.01. The van der Waals surface area contributed by atoms with Crippen LogP contribution in [0.15, 0.2) is 12.3 Å². The molecule has 0 radical (unpaired) electrons. The molecule has 0 N–H and O–H groups in total. The number of hydrogen-bond acceptors (Lipinski definition) is 1. The zero-order valence-corrected chi connectivity index (χ0v) is 8.21. The van der Waals surface area contributed by atoms with Crippen molar-refractivity contribution in [3.05, 3.63) is 29.1 Å². The van der Waals surface area contributed by atoms with Gasteiger partial charge in [-0.05, 0) is 11.6 Å². The third-order valence-electron chi connectivity index (χ3n) is 1.73. The molecule has 16 heavy (non-hydrogen) atoms. The van der Waals surface area contributed by atoms with Gasteiger partial charge in [-0.3, -0.25) is 4.98 Å². The number of nitrogens with zero attached hydrogens (tertiary/aromatic N) is 1. The van der Waals surface area contributed by atoms with E-state index in [0.717, 1.165) is 0 Å². The zero-order valence-electron chi connectivity index (χ0n) is 7.45. The number of aromatic nitrogens is 1. The normalized spacial score (nSPS) is 12.9. The standard InChI is InChI=1S/C8H4ClF6N/c9-2-4-3-16-6(8(13,14)15)1-5(4)7(10,11)12/h1,3H,2H2. The number of rotatable bonds is 1. The molecule has 1 aromatic rings. The Morgan fingerprint density at radius 1 is 1.06 bits per heavy atom. The van der Waals surface area contributed by atoms with Crippen molar-refractivity contribution in [2.45, 2.75) is 18.2 Å². The second-order valence-corrected chi connectivity index (χ2v) is 3.12. The fraction of sp³-hybridized carbons (Fsp3) is 0.375. The minimum absolute atomic E-state index is 0.0439. The first-order valence-electron chi connectivity index (χ1n) is 3.85. The Morgan fingerprint density at radius 2 is 1.62 bits per heavy atom. The molecule has 0 saturated carbocycles. The van der Waals surface area contributed by atoms with Crippen LogP contribution >= 0.6 is 11.6 Å². The summed E-state index contributed by atoms with van der Waals surface area (Å²) < 4.78 is 73.4. The molecule has 0 spiro atoms.